The van der Waals surface area contributed by atoms with E-state index in [0.717, 1.165) is 23.3 Å². The van der Waals surface area contributed by atoms with E-state index in [0.29, 0.717) is 39.8 Å². The molecule has 1 atom stereocenters. The van der Waals surface area contributed by atoms with E-state index < -0.39 is 5.92 Å². The van der Waals surface area contributed by atoms with Gasteiger partial charge in [-0.2, -0.15) is 5.26 Å². The number of nitriles is 1. The first-order chi connectivity index (χ1) is 14.0. The smallest absolute Gasteiger partial charge is 0.129 e. The number of amidine groups is 1. The second-order valence-corrected chi connectivity index (χ2v) is 7.14. The lowest BCUT2D eigenvalue weighted by Gasteiger charge is -2.28. The first-order valence-corrected chi connectivity index (χ1v) is 9.75. The molecule has 2 aromatic carbocycles. The summed E-state index contributed by atoms with van der Waals surface area (Å²) in [6.07, 6.45) is 1.50. The van der Waals surface area contributed by atoms with Gasteiger partial charge in [-0.15, -0.1) is 0 Å². The highest BCUT2D eigenvalue weighted by Gasteiger charge is 2.33. The predicted molar refractivity (Wildman–Crippen MR) is 117 cm³/mol. The SMILES string of the molecule is CCCC1=C(C#N)C(c2ccccc2Cl)/C(=C(/N)c2ccc(OC)cc2)C(N)=N1. The molecule has 3 rings (SSSR count). The zero-order valence-corrected chi connectivity index (χ0v) is 17.2. The number of aliphatic imine (C=N–C) groups is 1. The molecule has 0 saturated carbocycles. The molecule has 0 amide bonds. The highest BCUT2D eigenvalue weighted by Crippen LogP contribution is 2.43. The normalized spacial score (nSPS) is 18.1. The number of halogens is 1. The van der Waals surface area contributed by atoms with Gasteiger partial charge in [0.15, 0.2) is 0 Å². The summed E-state index contributed by atoms with van der Waals surface area (Å²) in [4.78, 5) is 4.54. The second kappa shape index (κ2) is 8.85. The molecule has 29 heavy (non-hydrogen) atoms. The number of hydrogen-bond acceptors (Lipinski definition) is 5. The van der Waals surface area contributed by atoms with Gasteiger partial charge < -0.3 is 16.2 Å². The molecule has 1 aliphatic rings. The average Bonchev–Trinajstić information content (AvgIpc) is 2.73. The standard InChI is InChI=1S/C23H23ClN4O/c1-3-6-19-17(13-25)20(16-7-4-5-8-18(16)24)21(23(27)28-19)22(26)14-9-11-15(29-2)12-10-14/h4-5,7-12,20H,3,6,26H2,1-2H3,(H2,27,28)/b22-21-. The number of hydrogen-bond donors (Lipinski definition) is 2. The fourth-order valence-corrected chi connectivity index (χ4v) is 3.77. The summed E-state index contributed by atoms with van der Waals surface area (Å²) in [6, 6.07) is 17.1. The van der Waals surface area contributed by atoms with E-state index in [2.05, 4.69) is 11.1 Å². The largest absolute Gasteiger partial charge is 0.497 e. The van der Waals surface area contributed by atoms with Crippen LogP contribution in [-0.4, -0.2) is 12.9 Å². The van der Waals surface area contributed by atoms with Crippen molar-refractivity contribution < 1.29 is 4.74 Å². The van der Waals surface area contributed by atoms with Crippen molar-refractivity contribution in [3.05, 3.63) is 81.5 Å². The molecule has 0 aromatic heterocycles. The Kier molecular flexibility index (Phi) is 6.26. The van der Waals surface area contributed by atoms with Crippen LogP contribution in [0.3, 0.4) is 0 Å². The van der Waals surface area contributed by atoms with E-state index in [1.807, 2.05) is 49.4 Å². The van der Waals surface area contributed by atoms with E-state index in [9.17, 15) is 5.26 Å². The maximum atomic E-state index is 9.99. The van der Waals surface area contributed by atoms with E-state index in [-0.39, 0.29) is 0 Å². The minimum absolute atomic E-state index is 0.311. The van der Waals surface area contributed by atoms with Gasteiger partial charge in [0.2, 0.25) is 0 Å². The molecule has 0 bridgehead atoms. The molecular weight excluding hydrogens is 384 g/mol. The van der Waals surface area contributed by atoms with Crippen LogP contribution in [0.2, 0.25) is 5.02 Å². The van der Waals surface area contributed by atoms with Crippen molar-refractivity contribution in [3.63, 3.8) is 0 Å². The molecule has 1 unspecified atom stereocenters. The molecular formula is C23H23ClN4O. The summed E-state index contributed by atoms with van der Waals surface area (Å²) >= 11 is 6.52. The number of benzene rings is 2. The molecule has 6 heteroatoms. The Labute approximate surface area is 176 Å². The number of allylic oxidation sites excluding steroid dienone is 2. The second-order valence-electron chi connectivity index (χ2n) is 6.73. The highest BCUT2D eigenvalue weighted by atomic mass is 35.5. The molecule has 0 saturated heterocycles. The van der Waals surface area contributed by atoms with Crippen molar-refractivity contribution in [3.8, 4) is 11.8 Å². The zero-order valence-electron chi connectivity index (χ0n) is 16.4. The molecule has 4 N–H and O–H groups in total. The molecule has 1 heterocycles. The Bertz CT molecular complexity index is 1050. The van der Waals surface area contributed by atoms with Crippen LogP contribution in [0.4, 0.5) is 0 Å². The van der Waals surface area contributed by atoms with Crippen LogP contribution in [0.25, 0.3) is 5.70 Å². The fourth-order valence-electron chi connectivity index (χ4n) is 3.52. The third-order valence-electron chi connectivity index (χ3n) is 4.93. The Morgan fingerprint density at radius 2 is 1.90 bits per heavy atom. The summed E-state index contributed by atoms with van der Waals surface area (Å²) in [5.74, 6) is 0.558. The van der Waals surface area contributed by atoms with Crippen molar-refractivity contribution in [2.45, 2.75) is 25.7 Å². The molecule has 1 aliphatic heterocycles. The summed E-state index contributed by atoms with van der Waals surface area (Å²) in [7, 11) is 1.61. The third-order valence-corrected chi connectivity index (χ3v) is 5.28. The van der Waals surface area contributed by atoms with Gasteiger partial charge in [-0.05, 0) is 47.9 Å². The lowest BCUT2D eigenvalue weighted by molar-refractivity contribution is 0.415. The van der Waals surface area contributed by atoms with Gasteiger partial charge in [-0.25, -0.2) is 4.99 Å². The number of nitrogens with zero attached hydrogens (tertiary/aromatic N) is 2. The van der Waals surface area contributed by atoms with Crippen LogP contribution in [0, 0.1) is 11.3 Å². The van der Waals surface area contributed by atoms with Crippen molar-refractivity contribution in [2.24, 2.45) is 16.5 Å². The molecule has 0 spiro atoms. The maximum Gasteiger partial charge on any atom is 0.129 e. The zero-order chi connectivity index (χ0) is 21.0. The van der Waals surface area contributed by atoms with Crippen molar-refractivity contribution in [2.75, 3.05) is 7.11 Å². The van der Waals surface area contributed by atoms with E-state index in [1.165, 1.54) is 0 Å². The van der Waals surface area contributed by atoms with E-state index >= 15 is 0 Å². The Hall–Kier alpha value is -3.23. The van der Waals surface area contributed by atoms with E-state index in [1.54, 1.807) is 13.2 Å². The van der Waals surface area contributed by atoms with Gasteiger partial charge in [0.25, 0.3) is 0 Å². The quantitative estimate of drug-likeness (QED) is 0.748. The van der Waals surface area contributed by atoms with Gasteiger partial charge in [0, 0.05) is 16.3 Å². The summed E-state index contributed by atoms with van der Waals surface area (Å²) < 4.78 is 5.22. The monoisotopic (exact) mass is 406 g/mol. The Morgan fingerprint density at radius 1 is 1.21 bits per heavy atom. The van der Waals surface area contributed by atoms with Crippen molar-refractivity contribution in [1.82, 2.24) is 0 Å². The number of rotatable bonds is 5. The maximum absolute atomic E-state index is 9.99. The third kappa shape index (κ3) is 3.98. The van der Waals surface area contributed by atoms with Gasteiger partial charge in [-0.1, -0.05) is 43.1 Å². The number of methoxy groups -OCH3 is 1. The molecule has 5 nitrogen and oxygen atoms in total. The molecule has 0 aliphatic carbocycles. The van der Waals surface area contributed by atoms with Gasteiger partial charge >= 0.3 is 0 Å². The van der Waals surface area contributed by atoms with Gasteiger partial charge in [-0.3, -0.25) is 0 Å². The average molecular weight is 407 g/mol. The predicted octanol–water partition coefficient (Wildman–Crippen LogP) is 4.75. The number of nitrogens with two attached hydrogens (primary N) is 2. The van der Waals surface area contributed by atoms with E-state index in [4.69, 9.17) is 27.8 Å². The van der Waals surface area contributed by atoms with Crippen molar-refractivity contribution in [1.29, 1.82) is 5.26 Å². The fraction of sp³-hybridized carbons (Fsp3) is 0.217. The molecule has 148 valence electrons. The van der Waals surface area contributed by atoms with Crippen LogP contribution >= 0.6 is 11.6 Å². The van der Waals surface area contributed by atoms with Gasteiger partial charge in [0.1, 0.15) is 11.6 Å². The minimum atomic E-state index is -0.477. The summed E-state index contributed by atoms with van der Waals surface area (Å²) in [6.45, 7) is 2.04. The molecule has 2 aromatic rings. The van der Waals surface area contributed by atoms with Crippen molar-refractivity contribution >= 4 is 23.1 Å². The van der Waals surface area contributed by atoms with Crippen LogP contribution in [0.15, 0.2) is 70.4 Å². The van der Waals surface area contributed by atoms with Crippen LogP contribution in [-0.2, 0) is 0 Å². The molecule has 0 fully saturated rings. The Morgan fingerprint density at radius 3 is 2.48 bits per heavy atom. The first-order valence-electron chi connectivity index (χ1n) is 9.37. The Balaban J connectivity index is 2.27. The van der Waals surface area contributed by atoms with Gasteiger partial charge in [0.05, 0.1) is 30.4 Å². The lowest BCUT2D eigenvalue weighted by atomic mass is 9.79. The number of ether oxygens (including phenoxy) is 1. The van der Waals surface area contributed by atoms with Crippen LogP contribution < -0.4 is 16.2 Å². The van der Waals surface area contributed by atoms with Crippen LogP contribution in [0.1, 0.15) is 36.8 Å². The summed E-state index contributed by atoms with van der Waals surface area (Å²) in [5, 5.41) is 10.5. The summed E-state index contributed by atoms with van der Waals surface area (Å²) in [5.41, 5.74) is 16.8. The highest BCUT2D eigenvalue weighted by molar-refractivity contribution is 6.31. The minimum Gasteiger partial charge on any atom is -0.497 e. The lowest BCUT2D eigenvalue weighted by Crippen LogP contribution is -2.28. The first kappa shape index (κ1) is 20.5. The molecule has 0 radical (unpaired) electrons. The topological polar surface area (TPSA) is 97.4 Å². The van der Waals surface area contributed by atoms with Crippen LogP contribution in [0.5, 0.6) is 5.75 Å².